The third kappa shape index (κ3) is 6.81. The number of hydrogen-bond acceptors (Lipinski definition) is 5. The van der Waals surface area contributed by atoms with E-state index < -0.39 is 5.60 Å². The second kappa shape index (κ2) is 13.0. The Labute approximate surface area is 209 Å². The van der Waals surface area contributed by atoms with Crippen LogP contribution in [0.3, 0.4) is 0 Å². The van der Waals surface area contributed by atoms with E-state index in [0.717, 1.165) is 50.8 Å². The number of nitrogens with zero attached hydrogens (tertiary/aromatic N) is 1. The summed E-state index contributed by atoms with van der Waals surface area (Å²) in [5, 5.41) is 18.9. The molecule has 2 aromatic rings. The van der Waals surface area contributed by atoms with Gasteiger partial charge in [0.25, 0.3) is 0 Å². The van der Waals surface area contributed by atoms with Crippen LogP contribution in [0.5, 0.6) is 0 Å². The van der Waals surface area contributed by atoms with Crippen LogP contribution in [0.1, 0.15) is 64.4 Å². The number of thiophene rings is 1. The molecule has 2 N–H and O–H groups in total. The summed E-state index contributed by atoms with van der Waals surface area (Å²) in [6.45, 7) is 7.45. The van der Waals surface area contributed by atoms with Crippen LogP contribution in [-0.4, -0.2) is 56.3 Å². The van der Waals surface area contributed by atoms with E-state index in [9.17, 15) is 9.90 Å². The Morgan fingerprint density at radius 2 is 2.15 bits per heavy atom. The Bertz CT molecular complexity index is 899. The summed E-state index contributed by atoms with van der Waals surface area (Å²) in [6, 6.07) is 8.40. The van der Waals surface area contributed by atoms with Crippen molar-refractivity contribution >= 4 is 27.3 Å². The van der Waals surface area contributed by atoms with Crippen LogP contribution in [0, 0.1) is 17.8 Å². The lowest BCUT2D eigenvalue weighted by Gasteiger charge is -2.43. The van der Waals surface area contributed by atoms with E-state index in [-0.39, 0.29) is 11.8 Å². The van der Waals surface area contributed by atoms with Crippen LogP contribution in [0.2, 0.25) is 0 Å². The number of likely N-dealkylation sites (tertiary alicyclic amines) is 1. The molecule has 3 atom stereocenters. The number of aliphatic hydroxyl groups is 1. The molecule has 1 aliphatic rings. The van der Waals surface area contributed by atoms with Gasteiger partial charge in [-0.3, -0.25) is 4.79 Å². The lowest BCUT2D eigenvalue weighted by atomic mass is 9.73. The van der Waals surface area contributed by atoms with E-state index in [1.807, 2.05) is 11.9 Å². The van der Waals surface area contributed by atoms with Crippen molar-refractivity contribution in [3.05, 3.63) is 35.2 Å². The highest BCUT2D eigenvalue weighted by Gasteiger charge is 2.42. The molecular formula is C28H44N2O3S. The highest BCUT2D eigenvalue weighted by Crippen LogP contribution is 2.43. The molecule has 0 radical (unpaired) electrons. The number of carbonyl (C=O) groups excluding carboxylic acids is 1. The van der Waals surface area contributed by atoms with Crippen LogP contribution in [0.25, 0.3) is 10.1 Å². The molecule has 0 spiro atoms. The number of amides is 1. The Morgan fingerprint density at radius 1 is 1.32 bits per heavy atom. The second-order valence-electron chi connectivity index (χ2n) is 10.5. The van der Waals surface area contributed by atoms with Crippen LogP contribution < -0.4 is 5.32 Å². The lowest BCUT2D eigenvalue weighted by Crippen LogP contribution is -2.48. The van der Waals surface area contributed by atoms with Crippen molar-refractivity contribution in [3.8, 4) is 0 Å². The van der Waals surface area contributed by atoms with Gasteiger partial charge in [-0.2, -0.15) is 0 Å². The SMILES string of the molecule is CNC[C@@H](CC(=O)N1CCC[C@@H]([C@@](O)(CCCCOC)c2cccc3ccsc23)C1)CC(C)C. The number of nitrogens with one attached hydrogen (secondary N) is 1. The molecule has 2 heterocycles. The zero-order chi connectivity index (χ0) is 24.6. The Morgan fingerprint density at radius 3 is 2.88 bits per heavy atom. The maximum absolute atomic E-state index is 13.3. The molecule has 0 saturated carbocycles. The first-order valence-electron chi connectivity index (χ1n) is 13.0. The van der Waals surface area contributed by atoms with Gasteiger partial charge in [0.2, 0.25) is 5.91 Å². The zero-order valence-corrected chi connectivity index (χ0v) is 22.3. The van der Waals surface area contributed by atoms with Gasteiger partial charge >= 0.3 is 0 Å². The summed E-state index contributed by atoms with van der Waals surface area (Å²) in [4.78, 5) is 15.4. The maximum atomic E-state index is 13.3. The van der Waals surface area contributed by atoms with Gasteiger partial charge in [-0.25, -0.2) is 0 Å². The fraction of sp³-hybridized carbons (Fsp3) is 0.679. The van der Waals surface area contributed by atoms with Gasteiger partial charge in [-0.15, -0.1) is 11.3 Å². The van der Waals surface area contributed by atoms with Crippen molar-refractivity contribution in [2.24, 2.45) is 17.8 Å². The number of unbranched alkanes of at least 4 members (excludes halogenated alkanes) is 1. The van der Waals surface area contributed by atoms with Crippen molar-refractivity contribution in [3.63, 3.8) is 0 Å². The van der Waals surface area contributed by atoms with E-state index in [2.05, 4.69) is 48.8 Å². The number of methoxy groups -OCH3 is 1. The number of hydrogen-bond donors (Lipinski definition) is 2. The molecule has 1 aromatic carbocycles. The molecule has 1 aliphatic heterocycles. The molecular weight excluding hydrogens is 444 g/mol. The molecule has 190 valence electrons. The number of piperidine rings is 1. The molecule has 0 aliphatic carbocycles. The van der Waals surface area contributed by atoms with Gasteiger partial charge in [0.1, 0.15) is 0 Å². The molecule has 1 amide bonds. The van der Waals surface area contributed by atoms with E-state index in [0.29, 0.717) is 37.8 Å². The second-order valence-corrected chi connectivity index (χ2v) is 11.4. The molecule has 3 rings (SSSR count). The monoisotopic (exact) mass is 488 g/mol. The molecule has 6 heteroatoms. The molecule has 0 bridgehead atoms. The summed E-state index contributed by atoms with van der Waals surface area (Å²) in [5.41, 5.74) is 0.0869. The maximum Gasteiger partial charge on any atom is 0.222 e. The average molecular weight is 489 g/mol. The predicted octanol–water partition coefficient (Wildman–Crippen LogP) is 5.42. The predicted molar refractivity (Wildman–Crippen MR) is 142 cm³/mol. The minimum Gasteiger partial charge on any atom is -0.385 e. The summed E-state index contributed by atoms with van der Waals surface area (Å²) in [5.74, 6) is 1.20. The smallest absolute Gasteiger partial charge is 0.222 e. The van der Waals surface area contributed by atoms with Crippen molar-refractivity contribution in [2.45, 2.75) is 64.4 Å². The van der Waals surface area contributed by atoms with E-state index >= 15 is 0 Å². The van der Waals surface area contributed by atoms with Gasteiger partial charge in [-0.1, -0.05) is 32.0 Å². The Kier molecular flexibility index (Phi) is 10.4. The first-order valence-corrected chi connectivity index (χ1v) is 13.9. The van der Waals surface area contributed by atoms with Crippen LogP contribution in [-0.2, 0) is 15.1 Å². The topological polar surface area (TPSA) is 61.8 Å². The fourth-order valence-corrected chi connectivity index (χ4v) is 6.69. The fourth-order valence-electron chi connectivity index (χ4n) is 5.70. The van der Waals surface area contributed by atoms with E-state index in [1.165, 1.54) is 10.1 Å². The van der Waals surface area contributed by atoms with Crippen molar-refractivity contribution in [1.82, 2.24) is 10.2 Å². The van der Waals surface area contributed by atoms with Crippen molar-refractivity contribution in [1.29, 1.82) is 0 Å². The largest absolute Gasteiger partial charge is 0.385 e. The molecule has 1 aromatic heterocycles. The van der Waals surface area contributed by atoms with Crippen LogP contribution >= 0.6 is 11.3 Å². The zero-order valence-electron chi connectivity index (χ0n) is 21.5. The van der Waals surface area contributed by atoms with Gasteiger partial charge in [0.05, 0.1) is 5.60 Å². The summed E-state index contributed by atoms with van der Waals surface area (Å²) < 4.78 is 6.43. The van der Waals surface area contributed by atoms with Gasteiger partial charge in [0, 0.05) is 49.4 Å². The lowest BCUT2D eigenvalue weighted by molar-refractivity contribution is -0.137. The number of rotatable bonds is 13. The summed E-state index contributed by atoms with van der Waals surface area (Å²) >= 11 is 1.70. The number of ether oxygens (including phenoxy) is 1. The minimum absolute atomic E-state index is 0.0355. The van der Waals surface area contributed by atoms with Gasteiger partial charge in [-0.05, 0) is 80.8 Å². The standard InChI is InChI=1S/C28H44N2O3S/c1-21(2)17-22(19-29-3)18-26(31)30-14-8-10-24(20-30)28(32,13-5-6-15-33-4)25-11-7-9-23-12-16-34-27(23)25/h7,9,11-12,16,21-22,24,29,32H,5-6,8,10,13-15,17-20H2,1-4H3/t22-,24-,28+/m1/s1. The molecule has 1 saturated heterocycles. The number of carbonyl (C=O) groups is 1. The minimum atomic E-state index is -0.945. The number of fused-ring (bicyclic) bond motifs is 1. The first-order chi connectivity index (χ1) is 16.4. The molecule has 34 heavy (non-hydrogen) atoms. The first kappa shape index (κ1) is 27.1. The highest BCUT2D eigenvalue weighted by atomic mass is 32.1. The van der Waals surface area contributed by atoms with Crippen molar-refractivity contribution in [2.75, 3.05) is 40.4 Å². The van der Waals surface area contributed by atoms with Gasteiger partial charge < -0.3 is 20.1 Å². The highest BCUT2D eigenvalue weighted by molar-refractivity contribution is 7.17. The van der Waals surface area contributed by atoms with E-state index in [4.69, 9.17) is 4.74 Å². The molecule has 5 nitrogen and oxygen atoms in total. The van der Waals surface area contributed by atoms with Gasteiger partial charge in [0.15, 0.2) is 0 Å². The molecule has 1 fully saturated rings. The third-order valence-electron chi connectivity index (χ3n) is 7.31. The summed E-state index contributed by atoms with van der Waals surface area (Å²) in [7, 11) is 3.69. The quantitative estimate of drug-likeness (QED) is 0.370. The van der Waals surface area contributed by atoms with Crippen LogP contribution in [0.4, 0.5) is 0 Å². The van der Waals surface area contributed by atoms with E-state index in [1.54, 1.807) is 18.4 Å². The Hall–Kier alpha value is -1.47. The normalized spacial score (nSPS) is 19.5. The molecule has 0 unspecified atom stereocenters. The van der Waals surface area contributed by atoms with Crippen LogP contribution in [0.15, 0.2) is 29.6 Å². The number of benzene rings is 1. The Balaban J connectivity index is 1.80. The summed E-state index contributed by atoms with van der Waals surface area (Å²) in [6.07, 6.45) is 6.03. The third-order valence-corrected chi connectivity index (χ3v) is 8.28. The average Bonchev–Trinajstić information content (AvgIpc) is 3.30. The van der Waals surface area contributed by atoms with Crippen molar-refractivity contribution < 1.29 is 14.6 Å².